The molecule has 0 aromatic carbocycles. The first-order chi connectivity index (χ1) is 9.16. The SMILES string of the molecule is CC(NC(=O)CC(C)C1CCCNC1)c1nccs1. The monoisotopic (exact) mass is 281 g/mol. The quantitative estimate of drug-likeness (QED) is 0.871. The predicted octanol–water partition coefficient (Wildman–Crippen LogP) is 2.35. The molecule has 0 radical (unpaired) electrons. The summed E-state index contributed by atoms with van der Waals surface area (Å²) in [6, 6.07) is 0.0178. The summed E-state index contributed by atoms with van der Waals surface area (Å²) < 4.78 is 0. The predicted molar refractivity (Wildman–Crippen MR) is 78.0 cm³/mol. The maximum Gasteiger partial charge on any atom is 0.220 e. The van der Waals surface area contributed by atoms with Gasteiger partial charge in [0.1, 0.15) is 5.01 Å². The number of carbonyl (C=O) groups excluding carboxylic acids is 1. The van der Waals surface area contributed by atoms with Gasteiger partial charge >= 0.3 is 0 Å². The van der Waals surface area contributed by atoms with E-state index in [1.807, 2.05) is 12.3 Å². The minimum absolute atomic E-state index is 0.0178. The van der Waals surface area contributed by atoms with E-state index in [1.165, 1.54) is 12.8 Å². The van der Waals surface area contributed by atoms with Crippen molar-refractivity contribution in [3.8, 4) is 0 Å². The van der Waals surface area contributed by atoms with Crippen molar-refractivity contribution in [1.29, 1.82) is 0 Å². The summed E-state index contributed by atoms with van der Waals surface area (Å²) in [6.07, 6.45) is 4.86. The Morgan fingerprint density at radius 3 is 3.11 bits per heavy atom. The van der Waals surface area contributed by atoms with E-state index in [9.17, 15) is 4.79 Å². The van der Waals surface area contributed by atoms with Crippen LogP contribution < -0.4 is 10.6 Å². The Bertz CT molecular complexity index is 387. The number of hydrogen-bond acceptors (Lipinski definition) is 4. The maximum atomic E-state index is 12.0. The van der Waals surface area contributed by atoms with Gasteiger partial charge in [-0.2, -0.15) is 0 Å². The van der Waals surface area contributed by atoms with Crippen molar-refractivity contribution in [1.82, 2.24) is 15.6 Å². The van der Waals surface area contributed by atoms with Crippen LogP contribution in [0.5, 0.6) is 0 Å². The molecule has 1 saturated heterocycles. The van der Waals surface area contributed by atoms with Crippen LogP contribution in [-0.2, 0) is 4.79 Å². The van der Waals surface area contributed by atoms with Crippen LogP contribution in [0.2, 0.25) is 0 Å². The third kappa shape index (κ3) is 4.28. The lowest BCUT2D eigenvalue weighted by molar-refractivity contribution is -0.123. The molecular formula is C14H23N3OS. The van der Waals surface area contributed by atoms with Gasteiger partial charge in [-0.25, -0.2) is 4.98 Å². The van der Waals surface area contributed by atoms with Crippen LogP contribution in [0.25, 0.3) is 0 Å². The van der Waals surface area contributed by atoms with Crippen molar-refractivity contribution < 1.29 is 4.79 Å². The van der Waals surface area contributed by atoms with E-state index < -0.39 is 0 Å². The largest absolute Gasteiger partial charge is 0.347 e. The molecule has 0 saturated carbocycles. The second kappa shape index (κ2) is 7.01. The number of carbonyl (C=O) groups is 1. The smallest absolute Gasteiger partial charge is 0.220 e. The van der Waals surface area contributed by atoms with Crippen molar-refractivity contribution in [3.05, 3.63) is 16.6 Å². The molecule has 2 rings (SSSR count). The summed E-state index contributed by atoms with van der Waals surface area (Å²) >= 11 is 1.58. The van der Waals surface area contributed by atoms with Crippen LogP contribution in [-0.4, -0.2) is 24.0 Å². The molecule has 2 heterocycles. The van der Waals surface area contributed by atoms with Gasteiger partial charge in [0.15, 0.2) is 0 Å². The average molecular weight is 281 g/mol. The number of nitrogens with zero attached hydrogens (tertiary/aromatic N) is 1. The number of piperidine rings is 1. The summed E-state index contributed by atoms with van der Waals surface area (Å²) in [6.45, 7) is 6.35. The average Bonchev–Trinajstić information content (AvgIpc) is 2.93. The molecule has 106 valence electrons. The van der Waals surface area contributed by atoms with E-state index in [2.05, 4.69) is 22.5 Å². The van der Waals surface area contributed by atoms with E-state index in [4.69, 9.17) is 0 Å². The maximum absolute atomic E-state index is 12.0. The van der Waals surface area contributed by atoms with E-state index >= 15 is 0 Å². The highest BCUT2D eigenvalue weighted by Crippen LogP contribution is 2.23. The second-order valence-corrected chi connectivity index (χ2v) is 6.37. The molecule has 0 aliphatic carbocycles. The highest BCUT2D eigenvalue weighted by Gasteiger charge is 2.22. The number of rotatable bonds is 5. The van der Waals surface area contributed by atoms with E-state index in [-0.39, 0.29) is 11.9 Å². The number of aromatic nitrogens is 1. The highest BCUT2D eigenvalue weighted by molar-refractivity contribution is 7.09. The van der Waals surface area contributed by atoms with Crippen molar-refractivity contribution >= 4 is 17.2 Å². The fourth-order valence-corrected chi connectivity index (χ4v) is 3.28. The lowest BCUT2D eigenvalue weighted by Gasteiger charge is -2.28. The molecule has 1 aliphatic rings. The molecule has 19 heavy (non-hydrogen) atoms. The van der Waals surface area contributed by atoms with Crippen molar-refractivity contribution in [3.63, 3.8) is 0 Å². The Balaban J connectivity index is 1.77. The zero-order valence-electron chi connectivity index (χ0n) is 11.7. The third-order valence-corrected chi connectivity index (χ3v) is 4.80. The molecule has 5 heteroatoms. The lowest BCUT2D eigenvalue weighted by atomic mass is 9.85. The number of nitrogens with one attached hydrogen (secondary N) is 2. The van der Waals surface area contributed by atoms with Gasteiger partial charge in [0, 0.05) is 18.0 Å². The van der Waals surface area contributed by atoms with Crippen molar-refractivity contribution in [2.24, 2.45) is 11.8 Å². The fraction of sp³-hybridized carbons (Fsp3) is 0.714. The Labute approximate surface area is 119 Å². The normalized spacial score (nSPS) is 22.7. The molecule has 0 spiro atoms. The Morgan fingerprint density at radius 1 is 1.63 bits per heavy atom. The molecule has 3 unspecified atom stereocenters. The van der Waals surface area contributed by atoms with Crippen LogP contribution >= 0.6 is 11.3 Å². The van der Waals surface area contributed by atoms with E-state index in [0.717, 1.165) is 18.1 Å². The van der Waals surface area contributed by atoms with E-state index in [1.54, 1.807) is 17.5 Å². The van der Waals surface area contributed by atoms with Gasteiger partial charge in [-0.15, -0.1) is 11.3 Å². The van der Waals surface area contributed by atoms with Gasteiger partial charge in [0.05, 0.1) is 6.04 Å². The van der Waals surface area contributed by atoms with Crippen LogP contribution in [0.15, 0.2) is 11.6 Å². The third-order valence-electron chi connectivity index (χ3n) is 3.85. The topological polar surface area (TPSA) is 54.0 Å². The van der Waals surface area contributed by atoms with Gasteiger partial charge in [0.2, 0.25) is 5.91 Å². The summed E-state index contributed by atoms with van der Waals surface area (Å²) in [4.78, 5) is 16.3. The molecule has 1 aliphatic heterocycles. The Morgan fingerprint density at radius 2 is 2.47 bits per heavy atom. The van der Waals surface area contributed by atoms with Crippen LogP contribution in [0.1, 0.15) is 44.2 Å². The van der Waals surface area contributed by atoms with Crippen molar-refractivity contribution in [2.45, 2.75) is 39.2 Å². The van der Waals surface area contributed by atoms with Gasteiger partial charge in [-0.1, -0.05) is 6.92 Å². The van der Waals surface area contributed by atoms with E-state index in [0.29, 0.717) is 18.3 Å². The molecule has 2 N–H and O–H groups in total. The van der Waals surface area contributed by atoms with Gasteiger partial charge in [0.25, 0.3) is 0 Å². The standard InChI is InChI=1S/C14H23N3OS/c1-10(12-4-3-5-15-9-12)8-13(18)17-11(2)14-16-6-7-19-14/h6-7,10-12,15H,3-5,8-9H2,1-2H3,(H,17,18). The zero-order valence-corrected chi connectivity index (χ0v) is 12.5. The Hall–Kier alpha value is -0.940. The van der Waals surface area contributed by atoms with Crippen LogP contribution in [0.3, 0.4) is 0 Å². The summed E-state index contributed by atoms with van der Waals surface area (Å²) in [5, 5.41) is 9.36. The molecule has 4 nitrogen and oxygen atoms in total. The zero-order chi connectivity index (χ0) is 13.7. The number of amides is 1. The van der Waals surface area contributed by atoms with Crippen LogP contribution in [0, 0.1) is 11.8 Å². The molecule has 0 bridgehead atoms. The summed E-state index contributed by atoms with van der Waals surface area (Å²) in [5.74, 6) is 1.21. The van der Waals surface area contributed by atoms with Crippen molar-refractivity contribution in [2.75, 3.05) is 13.1 Å². The van der Waals surface area contributed by atoms with Gasteiger partial charge in [-0.05, 0) is 44.7 Å². The molecular weight excluding hydrogens is 258 g/mol. The highest BCUT2D eigenvalue weighted by atomic mass is 32.1. The summed E-state index contributed by atoms with van der Waals surface area (Å²) in [5.41, 5.74) is 0. The fourth-order valence-electron chi connectivity index (χ4n) is 2.63. The summed E-state index contributed by atoms with van der Waals surface area (Å²) in [7, 11) is 0. The van der Waals surface area contributed by atoms with Crippen LogP contribution in [0.4, 0.5) is 0 Å². The molecule has 1 amide bonds. The first-order valence-electron chi connectivity index (χ1n) is 7.06. The molecule has 1 aromatic heterocycles. The number of hydrogen-bond donors (Lipinski definition) is 2. The molecule has 1 fully saturated rings. The lowest BCUT2D eigenvalue weighted by Crippen LogP contribution is -2.36. The molecule has 3 atom stereocenters. The second-order valence-electron chi connectivity index (χ2n) is 5.45. The van der Waals surface area contributed by atoms with Gasteiger partial charge < -0.3 is 10.6 Å². The minimum atomic E-state index is 0.0178. The Kier molecular flexibility index (Phi) is 5.34. The number of thiazole rings is 1. The minimum Gasteiger partial charge on any atom is -0.347 e. The van der Waals surface area contributed by atoms with Gasteiger partial charge in [-0.3, -0.25) is 4.79 Å². The first-order valence-corrected chi connectivity index (χ1v) is 7.94. The first kappa shape index (κ1) is 14.5. The molecule has 1 aromatic rings.